The molecular formula is C15H22N2O2S2. The van der Waals surface area contributed by atoms with Crippen LogP contribution in [0.25, 0.3) is 0 Å². The van der Waals surface area contributed by atoms with Gasteiger partial charge in [0.1, 0.15) is 0 Å². The Hall–Kier alpha value is -0.560. The van der Waals surface area contributed by atoms with Gasteiger partial charge in [0.15, 0.2) is 0 Å². The van der Waals surface area contributed by atoms with Crippen LogP contribution in [-0.4, -0.2) is 31.6 Å². The molecular weight excluding hydrogens is 304 g/mol. The Balaban J connectivity index is 1.76. The van der Waals surface area contributed by atoms with Crippen LogP contribution in [0.4, 0.5) is 0 Å². The minimum Gasteiger partial charge on any atom is -0.195 e. The number of nitrogens with one attached hydrogen (secondary N) is 1. The fraction of sp³-hybridized carbons (Fsp3) is 0.600. The highest BCUT2D eigenvalue weighted by Crippen LogP contribution is 2.36. The van der Waals surface area contributed by atoms with Crippen LogP contribution in [0, 0.1) is 0 Å². The molecule has 6 heteroatoms. The van der Waals surface area contributed by atoms with Crippen LogP contribution >= 0.6 is 11.8 Å². The van der Waals surface area contributed by atoms with Gasteiger partial charge in [0.25, 0.3) is 10.2 Å². The number of hydrogen-bond donors (Lipinski definition) is 1. The monoisotopic (exact) mass is 326 g/mol. The van der Waals surface area contributed by atoms with Crippen LogP contribution in [0.1, 0.15) is 43.7 Å². The van der Waals surface area contributed by atoms with Gasteiger partial charge in [-0.3, -0.25) is 0 Å². The maximum Gasteiger partial charge on any atom is 0.280 e. The Bertz CT molecular complexity index is 581. The van der Waals surface area contributed by atoms with Crippen molar-refractivity contribution in [2.24, 2.45) is 0 Å². The fourth-order valence-corrected chi connectivity index (χ4v) is 5.62. The highest BCUT2D eigenvalue weighted by atomic mass is 32.2. The van der Waals surface area contributed by atoms with Crippen molar-refractivity contribution in [2.75, 3.05) is 18.8 Å². The molecule has 116 valence electrons. The van der Waals surface area contributed by atoms with E-state index >= 15 is 0 Å². The fourth-order valence-electron chi connectivity index (χ4n) is 3.00. The van der Waals surface area contributed by atoms with E-state index < -0.39 is 10.2 Å². The second-order valence-corrected chi connectivity index (χ2v) is 8.50. The molecule has 1 N–H and O–H groups in total. The Morgan fingerprint density at radius 1 is 1.10 bits per heavy atom. The van der Waals surface area contributed by atoms with E-state index in [0.29, 0.717) is 13.1 Å². The number of thioether (sulfide) groups is 1. The Morgan fingerprint density at radius 2 is 1.81 bits per heavy atom. The first-order valence-corrected chi connectivity index (χ1v) is 10.1. The van der Waals surface area contributed by atoms with Crippen LogP contribution in [-0.2, 0) is 10.2 Å². The lowest BCUT2D eigenvalue weighted by atomic mass is 10.1. The quantitative estimate of drug-likeness (QED) is 0.929. The number of hydrogen-bond acceptors (Lipinski definition) is 3. The maximum atomic E-state index is 12.6. The van der Waals surface area contributed by atoms with E-state index in [9.17, 15) is 8.42 Å². The van der Waals surface area contributed by atoms with Gasteiger partial charge in [0, 0.05) is 24.0 Å². The molecule has 2 aliphatic rings. The largest absolute Gasteiger partial charge is 0.280 e. The summed E-state index contributed by atoms with van der Waals surface area (Å²) in [6.45, 7) is 1.30. The van der Waals surface area contributed by atoms with Crippen molar-refractivity contribution < 1.29 is 8.42 Å². The average Bonchev–Trinajstić information content (AvgIpc) is 2.77. The molecule has 2 heterocycles. The van der Waals surface area contributed by atoms with Crippen molar-refractivity contribution in [2.45, 2.75) is 43.0 Å². The van der Waals surface area contributed by atoms with Crippen molar-refractivity contribution >= 4 is 22.0 Å². The lowest BCUT2D eigenvalue weighted by Gasteiger charge is -2.28. The van der Waals surface area contributed by atoms with Gasteiger partial charge < -0.3 is 0 Å². The van der Waals surface area contributed by atoms with E-state index in [-0.39, 0.29) is 6.04 Å². The molecule has 0 radical (unpaired) electrons. The van der Waals surface area contributed by atoms with Crippen LogP contribution in [0.2, 0.25) is 0 Å². The Labute approximate surface area is 131 Å². The molecule has 0 bridgehead atoms. The lowest BCUT2D eigenvalue weighted by molar-refractivity contribution is 0.406. The second-order valence-electron chi connectivity index (χ2n) is 5.66. The summed E-state index contributed by atoms with van der Waals surface area (Å²) in [6, 6.07) is 8.02. The highest BCUT2D eigenvalue weighted by Gasteiger charge is 2.29. The van der Waals surface area contributed by atoms with E-state index in [1.807, 2.05) is 30.0 Å². The zero-order chi connectivity index (χ0) is 14.7. The van der Waals surface area contributed by atoms with Gasteiger partial charge in [-0.25, -0.2) is 0 Å². The zero-order valence-electron chi connectivity index (χ0n) is 12.1. The molecule has 3 rings (SSSR count). The van der Waals surface area contributed by atoms with E-state index in [4.69, 9.17) is 0 Å². The van der Waals surface area contributed by atoms with Crippen molar-refractivity contribution in [3.8, 4) is 0 Å². The first-order valence-electron chi connectivity index (χ1n) is 7.66. The smallest absolute Gasteiger partial charge is 0.195 e. The molecule has 1 unspecified atom stereocenters. The molecule has 1 aromatic rings. The molecule has 0 amide bonds. The maximum absolute atomic E-state index is 12.6. The molecule has 4 nitrogen and oxygen atoms in total. The first kappa shape index (κ1) is 15.3. The van der Waals surface area contributed by atoms with Gasteiger partial charge in [-0.15, -0.1) is 11.8 Å². The van der Waals surface area contributed by atoms with Gasteiger partial charge in [0.2, 0.25) is 0 Å². The summed E-state index contributed by atoms with van der Waals surface area (Å²) in [7, 11) is -3.37. The van der Waals surface area contributed by atoms with Crippen molar-refractivity contribution in [3.63, 3.8) is 0 Å². The lowest BCUT2D eigenvalue weighted by Crippen LogP contribution is -2.43. The Kier molecular flexibility index (Phi) is 4.88. The molecule has 1 aromatic carbocycles. The summed E-state index contributed by atoms with van der Waals surface area (Å²) in [5, 5.41) is 0. The third-order valence-corrected chi connectivity index (χ3v) is 6.90. The summed E-state index contributed by atoms with van der Waals surface area (Å²) in [6.07, 6.45) is 5.06. The molecule has 0 aromatic heterocycles. The van der Waals surface area contributed by atoms with E-state index in [2.05, 4.69) is 10.8 Å². The summed E-state index contributed by atoms with van der Waals surface area (Å²) in [5.41, 5.74) is 1.12. The number of nitrogens with zero attached hydrogens (tertiary/aromatic N) is 1. The summed E-state index contributed by atoms with van der Waals surface area (Å²) in [5.74, 6) is 0.962. The third-order valence-electron chi connectivity index (χ3n) is 4.15. The second kappa shape index (κ2) is 6.69. The summed E-state index contributed by atoms with van der Waals surface area (Å²) < 4.78 is 29.8. The molecule has 21 heavy (non-hydrogen) atoms. The predicted octanol–water partition coefficient (Wildman–Crippen LogP) is 2.93. The van der Waals surface area contributed by atoms with Crippen molar-refractivity contribution in [1.29, 1.82) is 0 Å². The van der Waals surface area contributed by atoms with Gasteiger partial charge in [-0.2, -0.15) is 17.4 Å². The molecule has 0 saturated carbocycles. The minimum atomic E-state index is -3.37. The van der Waals surface area contributed by atoms with E-state index in [1.165, 1.54) is 4.90 Å². The van der Waals surface area contributed by atoms with Crippen LogP contribution in [0.3, 0.4) is 0 Å². The van der Waals surface area contributed by atoms with Gasteiger partial charge in [0.05, 0.1) is 0 Å². The topological polar surface area (TPSA) is 49.4 Å². The number of benzene rings is 1. The van der Waals surface area contributed by atoms with E-state index in [1.54, 1.807) is 4.31 Å². The number of rotatable bonds is 3. The van der Waals surface area contributed by atoms with Gasteiger partial charge in [-0.05, 0) is 36.6 Å². The minimum absolute atomic E-state index is 0.0873. The molecule has 0 aliphatic carbocycles. The third kappa shape index (κ3) is 3.62. The first-order chi connectivity index (χ1) is 10.2. The van der Waals surface area contributed by atoms with E-state index in [0.717, 1.165) is 43.4 Å². The van der Waals surface area contributed by atoms with Crippen molar-refractivity contribution in [3.05, 3.63) is 29.8 Å². The zero-order valence-corrected chi connectivity index (χ0v) is 13.8. The molecule has 1 saturated heterocycles. The molecule has 0 spiro atoms. The Morgan fingerprint density at radius 3 is 2.57 bits per heavy atom. The standard InChI is InChI=1S/C15H22N2O2S2/c18-21(19,17-10-5-1-2-6-11-17)16-14-9-12-20-15-8-4-3-7-13(14)15/h3-4,7-8,14,16H,1-2,5-6,9-12H2. The van der Waals surface area contributed by atoms with Crippen molar-refractivity contribution in [1.82, 2.24) is 9.03 Å². The normalized spacial score (nSPS) is 24.3. The molecule has 2 aliphatic heterocycles. The molecule has 1 atom stereocenters. The summed E-state index contributed by atoms with van der Waals surface area (Å²) >= 11 is 1.81. The molecule has 1 fully saturated rings. The van der Waals surface area contributed by atoms with Crippen LogP contribution in [0.15, 0.2) is 29.2 Å². The highest BCUT2D eigenvalue weighted by molar-refractivity contribution is 7.99. The summed E-state index contributed by atoms with van der Waals surface area (Å²) in [4.78, 5) is 1.20. The average molecular weight is 326 g/mol. The van der Waals surface area contributed by atoms with Crippen LogP contribution in [0.5, 0.6) is 0 Å². The van der Waals surface area contributed by atoms with Crippen LogP contribution < -0.4 is 4.72 Å². The van der Waals surface area contributed by atoms with Gasteiger partial charge >= 0.3 is 0 Å². The predicted molar refractivity (Wildman–Crippen MR) is 86.6 cm³/mol. The van der Waals surface area contributed by atoms with Gasteiger partial charge in [-0.1, -0.05) is 31.0 Å². The SMILES string of the molecule is O=S(=O)(NC1CCSc2ccccc21)N1CCCCCC1. The number of fused-ring (bicyclic) bond motifs is 1.